The molecular weight excluding hydrogens is 310 g/mol. The molecule has 1 aliphatic rings. The molecule has 1 aromatic rings. The zero-order valence-corrected chi connectivity index (χ0v) is 13.4. The van der Waals surface area contributed by atoms with E-state index in [4.69, 9.17) is 15.2 Å². The van der Waals surface area contributed by atoms with Crippen molar-refractivity contribution >= 4 is 15.9 Å². The third-order valence-corrected chi connectivity index (χ3v) is 5.13. The maximum absolute atomic E-state index is 6.43. The summed E-state index contributed by atoms with van der Waals surface area (Å²) in [5.74, 6) is 0. The average molecular weight is 332 g/mol. The van der Waals surface area contributed by atoms with Crippen LogP contribution in [0.2, 0.25) is 0 Å². The molecule has 0 spiro atoms. The number of nitrogens with two attached hydrogens (primary N) is 1. The average Bonchev–Trinajstić information content (AvgIpc) is 2.66. The predicted octanol–water partition coefficient (Wildman–Crippen LogP) is 1.56. The minimum atomic E-state index is -0.282. The Hall–Kier alpha value is -0.430. The molecule has 1 saturated heterocycles. The molecule has 2 rings (SSSR count). The minimum Gasteiger partial charge on any atom is -0.381 e. The Kier molecular flexibility index (Phi) is 4.66. The summed E-state index contributed by atoms with van der Waals surface area (Å²) >= 11 is 3.59. The van der Waals surface area contributed by atoms with Crippen LogP contribution in [0.1, 0.15) is 24.2 Å². The van der Waals surface area contributed by atoms with E-state index in [-0.39, 0.29) is 11.6 Å². The van der Waals surface area contributed by atoms with Crippen LogP contribution in [0.25, 0.3) is 0 Å². The topological polar surface area (TPSA) is 62.3 Å². The van der Waals surface area contributed by atoms with Crippen molar-refractivity contribution in [1.29, 1.82) is 0 Å². The number of aryl methyl sites for hydroxylation is 2. The summed E-state index contributed by atoms with van der Waals surface area (Å²) in [6, 6.07) is -0.0625. The normalized spacial score (nSPS) is 20.5. The summed E-state index contributed by atoms with van der Waals surface area (Å²) < 4.78 is 14.1. The minimum absolute atomic E-state index is 0.0625. The second-order valence-corrected chi connectivity index (χ2v) is 5.95. The smallest absolute Gasteiger partial charge is 0.0876 e. The van der Waals surface area contributed by atoms with Gasteiger partial charge >= 0.3 is 0 Å². The van der Waals surface area contributed by atoms with Gasteiger partial charge in [-0.2, -0.15) is 5.10 Å². The van der Waals surface area contributed by atoms with Crippen molar-refractivity contribution < 1.29 is 9.47 Å². The first-order chi connectivity index (χ1) is 9.00. The molecule has 1 atom stereocenters. The van der Waals surface area contributed by atoms with Gasteiger partial charge in [-0.15, -0.1) is 0 Å². The molecule has 1 fully saturated rings. The molecule has 6 heteroatoms. The third-order valence-electron chi connectivity index (χ3n) is 4.10. The van der Waals surface area contributed by atoms with Gasteiger partial charge in [-0.3, -0.25) is 4.68 Å². The van der Waals surface area contributed by atoms with Crippen molar-refractivity contribution in [2.24, 2.45) is 12.8 Å². The first-order valence-corrected chi connectivity index (χ1v) is 7.36. The zero-order valence-electron chi connectivity index (χ0n) is 11.8. The molecular formula is C13H22BrN3O2. The molecule has 108 valence electrons. The highest BCUT2D eigenvalue weighted by atomic mass is 79.9. The molecule has 2 N–H and O–H groups in total. The van der Waals surface area contributed by atoms with Crippen molar-refractivity contribution in [2.45, 2.75) is 37.8 Å². The first-order valence-electron chi connectivity index (χ1n) is 6.56. The van der Waals surface area contributed by atoms with E-state index < -0.39 is 0 Å². The Balaban J connectivity index is 2.17. The van der Waals surface area contributed by atoms with Crippen LogP contribution >= 0.6 is 15.9 Å². The Morgan fingerprint density at radius 3 is 2.63 bits per heavy atom. The van der Waals surface area contributed by atoms with Gasteiger partial charge in [-0.25, -0.2) is 0 Å². The van der Waals surface area contributed by atoms with E-state index in [1.807, 2.05) is 18.7 Å². The van der Waals surface area contributed by atoms with Gasteiger partial charge < -0.3 is 15.2 Å². The van der Waals surface area contributed by atoms with E-state index in [9.17, 15) is 0 Å². The molecule has 0 amide bonds. The maximum atomic E-state index is 6.43. The van der Waals surface area contributed by atoms with E-state index in [2.05, 4.69) is 21.0 Å². The van der Waals surface area contributed by atoms with E-state index in [1.165, 1.54) is 0 Å². The van der Waals surface area contributed by atoms with E-state index in [0.29, 0.717) is 13.2 Å². The van der Waals surface area contributed by atoms with Crippen LogP contribution in [0.5, 0.6) is 0 Å². The molecule has 0 aliphatic carbocycles. The van der Waals surface area contributed by atoms with Crippen molar-refractivity contribution in [1.82, 2.24) is 9.78 Å². The number of rotatable bonds is 4. The van der Waals surface area contributed by atoms with Gasteiger partial charge in [0.1, 0.15) is 0 Å². The molecule has 1 aromatic heterocycles. The lowest BCUT2D eigenvalue weighted by atomic mass is 9.84. The van der Waals surface area contributed by atoms with Crippen LogP contribution in [0.4, 0.5) is 0 Å². The highest BCUT2D eigenvalue weighted by Crippen LogP contribution is 2.31. The van der Waals surface area contributed by atoms with Crippen molar-refractivity contribution in [3.8, 4) is 0 Å². The van der Waals surface area contributed by atoms with Gasteiger partial charge in [0, 0.05) is 52.7 Å². The second-order valence-electron chi connectivity index (χ2n) is 5.16. The fourth-order valence-corrected chi connectivity index (χ4v) is 3.24. The fraction of sp³-hybridized carbons (Fsp3) is 0.769. The Morgan fingerprint density at radius 1 is 1.53 bits per heavy atom. The maximum Gasteiger partial charge on any atom is 0.0876 e. The fourth-order valence-electron chi connectivity index (χ4n) is 2.74. The number of halogens is 1. The van der Waals surface area contributed by atoms with Gasteiger partial charge in [-0.05, 0) is 22.9 Å². The lowest BCUT2D eigenvalue weighted by molar-refractivity contribution is -0.104. The zero-order chi connectivity index (χ0) is 14.0. The molecule has 5 nitrogen and oxygen atoms in total. The van der Waals surface area contributed by atoms with E-state index in [1.54, 1.807) is 7.11 Å². The van der Waals surface area contributed by atoms with Gasteiger partial charge in [0.05, 0.1) is 21.5 Å². The second kappa shape index (κ2) is 5.91. The third kappa shape index (κ3) is 2.86. The van der Waals surface area contributed by atoms with E-state index in [0.717, 1.165) is 35.1 Å². The van der Waals surface area contributed by atoms with Crippen LogP contribution in [0, 0.1) is 6.92 Å². The van der Waals surface area contributed by atoms with E-state index >= 15 is 0 Å². The molecule has 19 heavy (non-hydrogen) atoms. The Labute approximate surface area is 122 Å². The summed E-state index contributed by atoms with van der Waals surface area (Å²) in [5.41, 5.74) is 8.26. The number of methoxy groups -OCH3 is 1. The summed E-state index contributed by atoms with van der Waals surface area (Å²) in [5, 5.41) is 4.41. The van der Waals surface area contributed by atoms with Gasteiger partial charge in [-0.1, -0.05) is 0 Å². The highest BCUT2D eigenvalue weighted by molar-refractivity contribution is 9.10. The number of hydrogen-bond acceptors (Lipinski definition) is 4. The Morgan fingerprint density at radius 2 is 2.16 bits per heavy atom. The largest absolute Gasteiger partial charge is 0.381 e. The van der Waals surface area contributed by atoms with Crippen LogP contribution in [-0.4, -0.2) is 41.7 Å². The Bertz CT molecular complexity index is 441. The molecule has 2 heterocycles. The van der Waals surface area contributed by atoms with Crippen LogP contribution in [-0.2, 0) is 22.9 Å². The number of hydrogen-bond donors (Lipinski definition) is 1. The highest BCUT2D eigenvalue weighted by Gasteiger charge is 2.39. The summed E-state index contributed by atoms with van der Waals surface area (Å²) in [6.45, 7) is 3.42. The lowest BCUT2D eigenvalue weighted by Crippen LogP contribution is -2.54. The molecule has 0 saturated carbocycles. The first kappa shape index (κ1) is 15.0. The molecule has 0 bridgehead atoms. The van der Waals surface area contributed by atoms with Crippen LogP contribution in [0.3, 0.4) is 0 Å². The summed E-state index contributed by atoms with van der Waals surface area (Å²) in [4.78, 5) is 0. The van der Waals surface area contributed by atoms with Crippen molar-refractivity contribution in [3.05, 3.63) is 15.9 Å². The van der Waals surface area contributed by atoms with Gasteiger partial charge in [0.15, 0.2) is 0 Å². The lowest BCUT2D eigenvalue weighted by Gasteiger charge is -2.40. The summed E-state index contributed by atoms with van der Waals surface area (Å²) in [6.07, 6.45) is 2.43. The monoisotopic (exact) mass is 331 g/mol. The van der Waals surface area contributed by atoms with Crippen LogP contribution in [0.15, 0.2) is 4.47 Å². The van der Waals surface area contributed by atoms with Crippen LogP contribution < -0.4 is 5.73 Å². The number of nitrogens with zero attached hydrogens (tertiary/aromatic N) is 2. The molecule has 0 aromatic carbocycles. The number of ether oxygens (including phenoxy) is 2. The predicted molar refractivity (Wildman–Crippen MR) is 77.1 cm³/mol. The van der Waals surface area contributed by atoms with Gasteiger partial charge in [0.2, 0.25) is 0 Å². The van der Waals surface area contributed by atoms with Gasteiger partial charge in [0.25, 0.3) is 0 Å². The number of aromatic nitrogens is 2. The molecule has 1 unspecified atom stereocenters. The summed E-state index contributed by atoms with van der Waals surface area (Å²) in [7, 11) is 3.69. The molecule has 0 radical (unpaired) electrons. The van der Waals surface area contributed by atoms with Crippen molar-refractivity contribution in [2.75, 3.05) is 20.3 Å². The molecule has 1 aliphatic heterocycles. The SMILES string of the molecule is COC1(C(N)Cc2c(Br)c(C)nn2C)CCOCC1. The standard InChI is InChI=1S/C13H22BrN3O2/c1-9-12(14)10(17(2)16-9)8-11(15)13(18-3)4-6-19-7-5-13/h11H,4-8,15H2,1-3H3. The quantitative estimate of drug-likeness (QED) is 0.909. The van der Waals surface area contributed by atoms with Crippen molar-refractivity contribution in [3.63, 3.8) is 0 Å².